The molecule has 1 rings (SSSR count). The quantitative estimate of drug-likeness (QED) is 0.372. The monoisotopic (exact) mass is 296 g/mol. The van der Waals surface area contributed by atoms with E-state index in [1.54, 1.807) is 12.1 Å². The second-order valence-electron chi connectivity index (χ2n) is 3.43. The van der Waals surface area contributed by atoms with Gasteiger partial charge in [0.05, 0.1) is 0 Å². The first-order valence-electron chi connectivity index (χ1n) is 5.28. The van der Waals surface area contributed by atoms with E-state index < -0.39 is 0 Å². The van der Waals surface area contributed by atoms with Gasteiger partial charge in [-0.15, -0.1) is 0 Å². The molecule has 0 saturated carbocycles. The normalized spacial score (nSPS) is 9.47. The van der Waals surface area contributed by atoms with Gasteiger partial charge in [0.25, 0.3) is 5.91 Å². The fourth-order valence-corrected chi connectivity index (χ4v) is 1.69. The number of unbranched alkanes of at least 4 members (excludes halogenated alkanes) is 1. The van der Waals surface area contributed by atoms with E-state index >= 15 is 0 Å². The van der Waals surface area contributed by atoms with Crippen molar-refractivity contribution in [1.82, 2.24) is 5.32 Å². The van der Waals surface area contributed by atoms with Gasteiger partial charge in [-0.2, -0.15) is 0 Å². The van der Waals surface area contributed by atoms with Crippen LogP contribution >= 0.6 is 15.9 Å². The molecule has 0 aliphatic heterocycles. The smallest absolute Gasteiger partial charge is 0.251 e. The molecule has 0 aromatic heterocycles. The third-order valence-corrected chi connectivity index (χ3v) is 2.61. The summed E-state index contributed by atoms with van der Waals surface area (Å²) < 4.78 is 0.883. The van der Waals surface area contributed by atoms with E-state index in [1.165, 1.54) is 0 Å². The SMILES string of the molecule is [N-]=[N+]=NCCCCNC(=O)c1cccc(Br)c1. The predicted molar refractivity (Wildman–Crippen MR) is 69.7 cm³/mol. The van der Waals surface area contributed by atoms with Crippen molar-refractivity contribution >= 4 is 21.8 Å². The molecule has 1 amide bonds. The largest absolute Gasteiger partial charge is 0.352 e. The van der Waals surface area contributed by atoms with Crippen molar-refractivity contribution in [2.24, 2.45) is 5.11 Å². The predicted octanol–water partition coefficient (Wildman–Crippen LogP) is 3.27. The zero-order valence-corrected chi connectivity index (χ0v) is 10.9. The van der Waals surface area contributed by atoms with Gasteiger partial charge < -0.3 is 5.32 Å². The lowest BCUT2D eigenvalue weighted by atomic mass is 10.2. The van der Waals surface area contributed by atoms with E-state index in [0.29, 0.717) is 18.7 Å². The van der Waals surface area contributed by atoms with Gasteiger partial charge in [-0.3, -0.25) is 4.79 Å². The van der Waals surface area contributed by atoms with Crippen LogP contribution in [-0.4, -0.2) is 19.0 Å². The van der Waals surface area contributed by atoms with Crippen molar-refractivity contribution < 1.29 is 4.79 Å². The second kappa shape index (κ2) is 7.70. The van der Waals surface area contributed by atoms with Crippen molar-refractivity contribution in [3.63, 3.8) is 0 Å². The molecule has 0 atom stereocenters. The maximum Gasteiger partial charge on any atom is 0.251 e. The standard InChI is InChI=1S/C11H13BrN4O/c12-10-5-3-4-9(8-10)11(17)14-6-1-2-7-15-16-13/h3-5,8H,1-2,6-7H2,(H,14,17). The Kier molecular flexibility index (Phi) is 6.14. The summed E-state index contributed by atoms with van der Waals surface area (Å²) in [5.41, 5.74) is 8.70. The molecule has 5 nitrogen and oxygen atoms in total. The van der Waals surface area contributed by atoms with E-state index in [2.05, 4.69) is 31.3 Å². The molecule has 17 heavy (non-hydrogen) atoms. The first-order valence-corrected chi connectivity index (χ1v) is 6.08. The highest BCUT2D eigenvalue weighted by atomic mass is 79.9. The number of benzene rings is 1. The van der Waals surface area contributed by atoms with E-state index in [0.717, 1.165) is 17.3 Å². The lowest BCUT2D eigenvalue weighted by Crippen LogP contribution is -2.24. The third kappa shape index (κ3) is 5.38. The Morgan fingerprint density at radius 1 is 1.47 bits per heavy atom. The van der Waals surface area contributed by atoms with E-state index in [9.17, 15) is 4.79 Å². The first-order chi connectivity index (χ1) is 8.24. The molecule has 0 bridgehead atoms. The molecule has 1 N–H and O–H groups in total. The highest BCUT2D eigenvalue weighted by molar-refractivity contribution is 9.10. The van der Waals surface area contributed by atoms with Crippen molar-refractivity contribution in [1.29, 1.82) is 0 Å². The Balaban J connectivity index is 2.28. The van der Waals surface area contributed by atoms with Crippen LogP contribution in [-0.2, 0) is 0 Å². The van der Waals surface area contributed by atoms with Crippen LogP contribution in [0.3, 0.4) is 0 Å². The number of carbonyl (C=O) groups is 1. The number of halogens is 1. The number of amides is 1. The molecule has 0 spiro atoms. The molecular formula is C11H13BrN4O. The van der Waals surface area contributed by atoms with E-state index in [4.69, 9.17) is 5.53 Å². The van der Waals surface area contributed by atoms with Crippen molar-refractivity contribution in [3.8, 4) is 0 Å². The maximum atomic E-state index is 11.7. The Hall–Kier alpha value is -1.52. The van der Waals surface area contributed by atoms with Gasteiger partial charge in [-0.1, -0.05) is 27.1 Å². The molecule has 6 heteroatoms. The summed E-state index contributed by atoms with van der Waals surface area (Å²) >= 11 is 3.31. The van der Waals surface area contributed by atoms with Crippen LogP contribution in [0.1, 0.15) is 23.2 Å². The van der Waals surface area contributed by atoms with Gasteiger partial charge in [-0.05, 0) is 36.6 Å². The minimum Gasteiger partial charge on any atom is -0.352 e. The van der Waals surface area contributed by atoms with Crippen molar-refractivity contribution in [2.45, 2.75) is 12.8 Å². The van der Waals surface area contributed by atoms with Crippen molar-refractivity contribution in [2.75, 3.05) is 13.1 Å². The summed E-state index contributed by atoms with van der Waals surface area (Å²) in [6.45, 7) is 1.07. The zero-order valence-electron chi connectivity index (χ0n) is 9.27. The minimum atomic E-state index is -0.0879. The first kappa shape index (κ1) is 13.5. The Labute approximate surface area is 108 Å². The van der Waals surface area contributed by atoms with Crippen LogP contribution < -0.4 is 5.32 Å². The average Bonchev–Trinajstić information content (AvgIpc) is 2.33. The number of nitrogens with zero attached hydrogens (tertiary/aromatic N) is 3. The van der Waals surface area contributed by atoms with E-state index in [-0.39, 0.29) is 5.91 Å². The highest BCUT2D eigenvalue weighted by Crippen LogP contribution is 2.11. The Morgan fingerprint density at radius 2 is 2.29 bits per heavy atom. The number of hydrogen-bond acceptors (Lipinski definition) is 2. The maximum absolute atomic E-state index is 11.7. The number of nitrogens with one attached hydrogen (secondary N) is 1. The fourth-order valence-electron chi connectivity index (χ4n) is 1.29. The number of carbonyl (C=O) groups excluding carboxylic acids is 1. The van der Waals surface area contributed by atoms with Crippen LogP contribution in [0.4, 0.5) is 0 Å². The molecule has 1 aromatic carbocycles. The summed E-state index contributed by atoms with van der Waals surface area (Å²) in [6, 6.07) is 7.23. The van der Waals surface area contributed by atoms with Crippen LogP contribution in [0.5, 0.6) is 0 Å². The second-order valence-corrected chi connectivity index (χ2v) is 4.34. The summed E-state index contributed by atoms with van der Waals surface area (Å²) in [4.78, 5) is 14.3. The van der Waals surface area contributed by atoms with Gasteiger partial charge in [0.15, 0.2) is 0 Å². The molecule has 90 valence electrons. The van der Waals surface area contributed by atoms with Crippen LogP contribution in [0.2, 0.25) is 0 Å². The molecule has 0 aliphatic carbocycles. The molecule has 0 fully saturated rings. The summed E-state index contributed by atoms with van der Waals surface area (Å²) in [5.74, 6) is -0.0879. The number of hydrogen-bond donors (Lipinski definition) is 1. The fraction of sp³-hybridized carbons (Fsp3) is 0.364. The Morgan fingerprint density at radius 3 is 3.00 bits per heavy atom. The average molecular weight is 297 g/mol. The summed E-state index contributed by atoms with van der Waals surface area (Å²) in [6.07, 6.45) is 1.58. The van der Waals surface area contributed by atoms with Gasteiger partial charge in [0.1, 0.15) is 0 Å². The topological polar surface area (TPSA) is 77.9 Å². The summed E-state index contributed by atoms with van der Waals surface area (Å²) in [5, 5.41) is 6.23. The van der Waals surface area contributed by atoms with E-state index in [1.807, 2.05) is 12.1 Å². The summed E-state index contributed by atoms with van der Waals surface area (Å²) in [7, 11) is 0. The minimum absolute atomic E-state index is 0.0879. The van der Waals surface area contributed by atoms with Crippen LogP contribution in [0, 0.1) is 0 Å². The zero-order chi connectivity index (χ0) is 12.5. The van der Waals surface area contributed by atoms with Crippen molar-refractivity contribution in [3.05, 3.63) is 44.7 Å². The van der Waals surface area contributed by atoms with Gasteiger partial charge in [0, 0.05) is 28.0 Å². The number of rotatable bonds is 6. The number of azide groups is 1. The molecule has 0 saturated heterocycles. The molecule has 1 aromatic rings. The van der Waals surface area contributed by atoms with Gasteiger partial charge in [-0.25, -0.2) is 0 Å². The lowest BCUT2D eigenvalue weighted by molar-refractivity contribution is 0.0953. The lowest BCUT2D eigenvalue weighted by Gasteiger charge is -2.04. The highest BCUT2D eigenvalue weighted by Gasteiger charge is 2.03. The van der Waals surface area contributed by atoms with Gasteiger partial charge >= 0.3 is 0 Å². The molecular weight excluding hydrogens is 284 g/mol. The molecule has 0 aliphatic rings. The van der Waals surface area contributed by atoms with Crippen LogP contribution in [0.25, 0.3) is 10.4 Å². The van der Waals surface area contributed by atoms with Gasteiger partial charge in [0.2, 0.25) is 0 Å². The molecule has 0 unspecified atom stereocenters. The third-order valence-electron chi connectivity index (χ3n) is 2.12. The molecule has 0 radical (unpaired) electrons. The Bertz CT molecular complexity index is 429. The van der Waals surface area contributed by atoms with Crippen LogP contribution in [0.15, 0.2) is 33.9 Å². The molecule has 0 heterocycles.